The molecule has 0 bridgehead atoms. The number of hydrogen-bond donors (Lipinski definition) is 2. The highest BCUT2D eigenvalue weighted by Gasteiger charge is 2.49. The minimum atomic E-state index is -4.83. The predicted octanol–water partition coefficient (Wildman–Crippen LogP) is 3.05. The van der Waals surface area contributed by atoms with Gasteiger partial charge in [-0.1, -0.05) is 31.9 Å². The molecule has 1 aromatic rings. The zero-order valence-electron chi connectivity index (χ0n) is 16.7. The third-order valence-electron chi connectivity index (χ3n) is 5.70. The van der Waals surface area contributed by atoms with Crippen molar-refractivity contribution >= 4 is 17.8 Å². The second-order valence-electron chi connectivity index (χ2n) is 7.95. The molecular weight excluding hydrogens is 403 g/mol. The van der Waals surface area contributed by atoms with Gasteiger partial charge in [-0.25, -0.2) is 4.79 Å². The van der Waals surface area contributed by atoms with Crippen molar-refractivity contribution in [3.05, 3.63) is 29.8 Å². The third kappa shape index (κ3) is 4.68. The second kappa shape index (κ2) is 8.16. The number of urea groups is 1. The Morgan fingerprint density at radius 1 is 1.23 bits per heavy atom. The lowest BCUT2D eigenvalue weighted by Gasteiger charge is -2.30. The molecule has 1 saturated carbocycles. The first-order valence-electron chi connectivity index (χ1n) is 9.79. The molecular formula is C20H24F3N3O4. The van der Waals surface area contributed by atoms with E-state index < -0.39 is 42.0 Å². The van der Waals surface area contributed by atoms with Gasteiger partial charge < -0.3 is 15.4 Å². The van der Waals surface area contributed by atoms with Crippen molar-refractivity contribution in [2.45, 2.75) is 57.5 Å². The third-order valence-corrected chi connectivity index (χ3v) is 5.70. The number of nitrogens with one attached hydrogen (secondary N) is 2. The molecule has 2 aliphatic rings. The Morgan fingerprint density at radius 2 is 1.87 bits per heavy atom. The van der Waals surface area contributed by atoms with E-state index in [-0.39, 0.29) is 11.6 Å². The van der Waals surface area contributed by atoms with Gasteiger partial charge in [0.05, 0.1) is 0 Å². The largest absolute Gasteiger partial charge is 0.573 e. The van der Waals surface area contributed by atoms with Gasteiger partial charge in [0, 0.05) is 6.04 Å². The lowest BCUT2D eigenvalue weighted by atomic mass is 9.86. The van der Waals surface area contributed by atoms with Crippen molar-refractivity contribution in [3.8, 4) is 5.75 Å². The standard InChI is InChI=1S/C20H24F3N3O4/c1-12-5-3-4-6-15(12)24-16(27)11-26-17(28)19(2,25-18(26)29)13-7-9-14(10-8-13)30-20(21,22)23/h7-10,12,15H,3-6,11H2,1-2H3,(H,24,27)(H,25,29). The van der Waals surface area contributed by atoms with Crippen LogP contribution in [0.3, 0.4) is 0 Å². The van der Waals surface area contributed by atoms with Crippen LogP contribution < -0.4 is 15.4 Å². The van der Waals surface area contributed by atoms with Crippen molar-refractivity contribution in [2.75, 3.05) is 6.54 Å². The summed E-state index contributed by atoms with van der Waals surface area (Å²) in [5.74, 6) is -1.18. The molecule has 1 aliphatic heterocycles. The van der Waals surface area contributed by atoms with E-state index in [9.17, 15) is 27.6 Å². The molecule has 2 N–H and O–H groups in total. The van der Waals surface area contributed by atoms with E-state index in [1.165, 1.54) is 19.1 Å². The van der Waals surface area contributed by atoms with Gasteiger partial charge in [-0.05, 0) is 43.4 Å². The summed E-state index contributed by atoms with van der Waals surface area (Å²) in [4.78, 5) is 38.5. The van der Waals surface area contributed by atoms with Crippen molar-refractivity contribution in [1.82, 2.24) is 15.5 Å². The average molecular weight is 427 g/mol. The zero-order chi connectivity index (χ0) is 22.1. The van der Waals surface area contributed by atoms with Gasteiger partial charge in [-0.3, -0.25) is 14.5 Å². The fourth-order valence-electron chi connectivity index (χ4n) is 3.95. The number of amides is 4. The zero-order valence-corrected chi connectivity index (χ0v) is 16.7. The number of rotatable bonds is 5. The van der Waals surface area contributed by atoms with Crippen LogP contribution in [0, 0.1) is 5.92 Å². The number of carbonyl (C=O) groups is 3. The van der Waals surface area contributed by atoms with Crippen LogP contribution in [-0.4, -0.2) is 41.7 Å². The van der Waals surface area contributed by atoms with E-state index in [4.69, 9.17) is 0 Å². The number of halogens is 3. The highest BCUT2D eigenvalue weighted by molar-refractivity contribution is 6.09. The molecule has 0 spiro atoms. The Kier molecular flexibility index (Phi) is 5.96. The topological polar surface area (TPSA) is 87.7 Å². The van der Waals surface area contributed by atoms with E-state index >= 15 is 0 Å². The number of alkyl halides is 3. The van der Waals surface area contributed by atoms with Crippen molar-refractivity contribution < 1.29 is 32.3 Å². The molecule has 4 amide bonds. The molecule has 1 heterocycles. The Hall–Kier alpha value is -2.78. The number of benzene rings is 1. The summed E-state index contributed by atoms with van der Waals surface area (Å²) in [5, 5.41) is 5.42. The maximum atomic E-state index is 12.9. The van der Waals surface area contributed by atoms with Gasteiger partial charge in [-0.15, -0.1) is 13.2 Å². The second-order valence-corrected chi connectivity index (χ2v) is 7.95. The number of nitrogens with zero attached hydrogens (tertiary/aromatic N) is 1. The number of carbonyl (C=O) groups excluding carboxylic acids is 3. The number of hydrogen-bond acceptors (Lipinski definition) is 4. The van der Waals surface area contributed by atoms with E-state index in [0.29, 0.717) is 5.92 Å². The van der Waals surface area contributed by atoms with Crippen LogP contribution in [0.25, 0.3) is 0 Å². The SMILES string of the molecule is CC1CCCCC1NC(=O)CN1C(=O)NC(C)(c2ccc(OC(F)(F)F)cc2)C1=O. The Balaban J connectivity index is 1.68. The maximum absolute atomic E-state index is 12.9. The summed E-state index contributed by atoms with van der Waals surface area (Å²) in [6, 6.07) is 3.95. The van der Waals surface area contributed by atoms with E-state index in [1.54, 1.807) is 0 Å². The lowest BCUT2D eigenvalue weighted by Crippen LogP contribution is -2.47. The summed E-state index contributed by atoms with van der Waals surface area (Å²) in [6.45, 7) is 3.08. The quantitative estimate of drug-likeness (QED) is 0.707. The van der Waals surface area contributed by atoms with Gasteiger partial charge in [-0.2, -0.15) is 0 Å². The molecule has 30 heavy (non-hydrogen) atoms. The molecule has 3 unspecified atom stereocenters. The summed E-state index contributed by atoms with van der Waals surface area (Å²) >= 11 is 0. The molecule has 0 radical (unpaired) electrons. The van der Waals surface area contributed by atoms with Crippen LogP contribution in [0.2, 0.25) is 0 Å². The van der Waals surface area contributed by atoms with Crippen LogP contribution in [0.15, 0.2) is 24.3 Å². The summed E-state index contributed by atoms with van der Waals surface area (Å²) < 4.78 is 40.8. The lowest BCUT2D eigenvalue weighted by molar-refractivity contribution is -0.274. The van der Waals surface area contributed by atoms with E-state index in [2.05, 4.69) is 22.3 Å². The molecule has 0 aromatic heterocycles. The highest BCUT2D eigenvalue weighted by Crippen LogP contribution is 2.31. The van der Waals surface area contributed by atoms with Crippen LogP contribution in [0.1, 0.15) is 45.1 Å². The van der Waals surface area contributed by atoms with Gasteiger partial charge in [0.25, 0.3) is 5.91 Å². The summed E-state index contributed by atoms with van der Waals surface area (Å²) in [7, 11) is 0. The van der Waals surface area contributed by atoms with E-state index in [1.807, 2.05) is 0 Å². The number of imide groups is 1. The smallest absolute Gasteiger partial charge is 0.406 e. The Morgan fingerprint density at radius 3 is 2.47 bits per heavy atom. The molecule has 10 heteroatoms. The normalized spacial score (nSPS) is 27.0. The van der Waals surface area contributed by atoms with Crippen LogP contribution in [-0.2, 0) is 15.1 Å². The summed E-state index contributed by atoms with van der Waals surface area (Å²) in [5.41, 5.74) is -1.22. The molecule has 2 fully saturated rings. The van der Waals surface area contributed by atoms with Gasteiger partial charge in [0.15, 0.2) is 0 Å². The van der Waals surface area contributed by atoms with Crippen molar-refractivity contribution in [1.29, 1.82) is 0 Å². The molecule has 1 aliphatic carbocycles. The predicted molar refractivity (Wildman–Crippen MR) is 100 cm³/mol. The van der Waals surface area contributed by atoms with Gasteiger partial charge >= 0.3 is 12.4 Å². The first-order chi connectivity index (χ1) is 14.0. The first kappa shape index (κ1) is 21.9. The monoisotopic (exact) mass is 427 g/mol. The van der Waals surface area contributed by atoms with Gasteiger partial charge in [0.2, 0.25) is 5.91 Å². The molecule has 1 aromatic carbocycles. The first-order valence-corrected chi connectivity index (χ1v) is 9.79. The molecule has 7 nitrogen and oxygen atoms in total. The fraction of sp³-hybridized carbons (Fsp3) is 0.550. The summed E-state index contributed by atoms with van der Waals surface area (Å²) in [6.07, 6.45) is -0.823. The maximum Gasteiger partial charge on any atom is 0.573 e. The Labute approximate surface area is 171 Å². The molecule has 3 atom stereocenters. The van der Waals surface area contributed by atoms with Crippen LogP contribution in [0.4, 0.5) is 18.0 Å². The number of ether oxygens (including phenoxy) is 1. The molecule has 3 rings (SSSR count). The average Bonchev–Trinajstić information content (AvgIpc) is 2.87. The molecule has 164 valence electrons. The molecule has 1 saturated heterocycles. The highest BCUT2D eigenvalue weighted by atomic mass is 19.4. The fourth-order valence-corrected chi connectivity index (χ4v) is 3.95. The Bertz CT molecular complexity index is 828. The van der Waals surface area contributed by atoms with Crippen molar-refractivity contribution in [3.63, 3.8) is 0 Å². The minimum Gasteiger partial charge on any atom is -0.406 e. The van der Waals surface area contributed by atoms with Crippen LogP contribution in [0.5, 0.6) is 5.75 Å². The minimum absolute atomic E-state index is 0.0135. The van der Waals surface area contributed by atoms with E-state index in [0.717, 1.165) is 42.7 Å². The van der Waals surface area contributed by atoms with Crippen molar-refractivity contribution in [2.24, 2.45) is 5.92 Å². The van der Waals surface area contributed by atoms with Crippen LogP contribution >= 0.6 is 0 Å². The van der Waals surface area contributed by atoms with Gasteiger partial charge in [0.1, 0.15) is 17.8 Å².